The van der Waals surface area contributed by atoms with Gasteiger partial charge in [-0.2, -0.15) is 0 Å². The topological polar surface area (TPSA) is 41.9 Å². The summed E-state index contributed by atoms with van der Waals surface area (Å²) in [5, 5.41) is 8.70. The van der Waals surface area contributed by atoms with E-state index in [0.717, 1.165) is 39.1 Å². The van der Waals surface area contributed by atoms with Crippen LogP contribution in [0.3, 0.4) is 0 Å². The Balaban J connectivity index is 1.67. The largest absolute Gasteiger partial charge is 0.394 e. The highest BCUT2D eigenvalue weighted by atomic mass is 16.5. The molecule has 0 aromatic heterocycles. The zero-order valence-corrected chi connectivity index (χ0v) is 9.94. The van der Waals surface area contributed by atoms with E-state index in [1.807, 2.05) is 0 Å². The molecule has 0 amide bonds. The smallest absolute Gasteiger partial charge is 0.0701 e. The van der Waals surface area contributed by atoms with E-state index in [0.29, 0.717) is 18.8 Å². The second kappa shape index (κ2) is 6.55. The van der Waals surface area contributed by atoms with Crippen LogP contribution in [0.5, 0.6) is 0 Å². The minimum Gasteiger partial charge on any atom is -0.394 e. The lowest BCUT2D eigenvalue weighted by Gasteiger charge is -2.38. The molecule has 4 heteroatoms. The predicted octanol–water partition coefficient (Wildman–Crippen LogP) is 0.639. The molecule has 16 heavy (non-hydrogen) atoms. The van der Waals surface area contributed by atoms with Crippen LogP contribution in [0.25, 0.3) is 0 Å². The summed E-state index contributed by atoms with van der Waals surface area (Å²) in [5.41, 5.74) is 0. The summed E-state index contributed by atoms with van der Waals surface area (Å²) in [6.45, 7) is 4.69. The van der Waals surface area contributed by atoms with Crippen LogP contribution in [0.1, 0.15) is 25.7 Å². The number of nitrogens with zero attached hydrogens (tertiary/aromatic N) is 1. The third-order valence-corrected chi connectivity index (χ3v) is 3.57. The molecule has 0 bridgehead atoms. The number of aliphatic hydroxyl groups is 1. The minimum atomic E-state index is 0.136. The van der Waals surface area contributed by atoms with E-state index < -0.39 is 0 Å². The van der Waals surface area contributed by atoms with Crippen LogP contribution < -0.4 is 0 Å². The number of aliphatic hydroxyl groups excluding tert-OH is 1. The first-order valence-electron chi connectivity index (χ1n) is 6.44. The number of rotatable bonds is 4. The van der Waals surface area contributed by atoms with Gasteiger partial charge in [-0.25, -0.2) is 0 Å². The first-order valence-corrected chi connectivity index (χ1v) is 6.44. The molecule has 2 rings (SSSR count). The van der Waals surface area contributed by atoms with E-state index in [9.17, 15) is 0 Å². The van der Waals surface area contributed by atoms with Crippen LogP contribution in [0.15, 0.2) is 0 Å². The van der Waals surface area contributed by atoms with E-state index >= 15 is 0 Å². The first kappa shape index (κ1) is 12.3. The van der Waals surface area contributed by atoms with E-state index in [1.54, 1.807) is 0 Å². The second-order valence-electron chi connectivity index (χ2n) is 4.70. The van der Waals surface area contributed by atoms with Gasteiger partial charge in [0.15, 0.2) is 0 Å². The molecule has 1 atom stereocenters. The Kier molecular flexibility index (Phi) is 5.03. The molecule has 2 fully saturated rings. The lowest BCUT2D eigenvalue weighted by molar-refractivity contribution is -0.0374. The molecule has 0 saturated carbocycles. The SMILES string of the molecule is OCCOC1CCN(C2CCCOC2)CC1. The molecule has 4 nitrogen and oxygen atoms in total. The average molecular weight is 229 g/mol. The number of hydrogen-bond acceptors (Lipinski definition) is 4. The molecular formula is C12H23NO3. The standard InChI is InChI=1S/C12H23NO3/c14-7-9-16-12-3-5-13(6-4-12)11-2-1-8-15-10-11/h11-12,14H,1-10H2. The number of ether oxygens (including phenoxy) is 2. The highest BCUT2D eigenvalue weighted by molar-refractivity contribution is 4.80. The van der Waals surface area contributed by atoms with Crippen molar-refractivity contribution in [1.29, 1.82) is 0 Å². The van der Waals surface area contributed by atoms with Gasteiger partial charge in [-0.15, -0.1) is 0 Å². The zero-order chi connectivity index (χ0) is 11.2. The summed E-state index contributed by atoms with van der Waals surface area (Å²) in [5.74, 6) is 0. The van der Waals surface area contributed by atoms with Crippen molar-refractivity contribution in [2.75, 3.05) is 39.5 Å². The monoisotopic (exact) mass is 229 g/mol. The number of likely N-dealkylation sites (tertiary alicyclic amines) is 1. The summed E-state index contributed by atoms with van der Waals surface area (Å²) in [4.78, 5) is 2.54. The van der Waals surface area contributed by atoms with Gasteiger partial charge in [-0.3, -0.25) is 4.90 Å². The lowest BCUT2D eigenvalue weighted by atomic mass is 10.0. The molecule has 2 aliphatic heterocycles. The molecule has 2 aliphatic rings. The fourth-order valence-corrected chi connectivity index (χ4v) is 2.64. The molecule has 0 aromatic carbocycles. The van der Waals surface area contributed by atoms with Crippen LogP contribution >= 0.6 is 0 Å². The molecule has 0 radical (unpaired) electrons. The van der Waals surface area contributed by atoms with Crippen molar-refractivity contribution in [3.8, 4) is 0 Å². The van der Waals surface area contributed by atoms with Gasteiger partial charge in [-0.1, -0.05) is 0 Å². The van der Waals surface area contributed by atoms with Gasteiger partial charge in [0, 0.05) is 25.7 Å². The second-order valence-corrected chi connectivity index (χ2v) is 4.70. The molecule has 1 N–H and O–H groups in total. The van der Waals surface area contributed by atoms with Crippen molar-refractivity contribution in [2.45, 2.75) is 37.8 Å². The lowest BCUT2D eigenvalue weighted by Crippen LogP contribution is -2.46. The third-order valence-electron chi connectivity index (χ3n) is 3.57. The summed E-state index contributed by atoms with van der Waals surface area (Å²) in [6.07, 6.45) is 5.02. The Morgan fingerprint density at radius 2 is 2.06 bits per heavy atom. The zero-order valence-electron chi connectivity index (χ0n) is 9.94. The average Bonchev–Trinajstić information content (AvgIpc) is 2.38. The fraction of sp³-hybridized carbons (Fsp3) is 1.00. The molecule has 2 saturated heterocycles. The van der Waals surface area contributed by atoms with Crippen molar-refractivity contribution < 1.29 is 14.6 Å². The fourth-order valence-electron chi connectivity index (χ4n) is 2.64. The molecule has 0 spiro atoms. The minimum absolute atomic E-state index is 0.136. The number of piperidine rings is 1. The first-order chi connectivity index (χ1) is 7.90. The Morgan fingerprint density at radius 1 is 1.25 bits per heavy atom. The third kappa shape index (κ3) is 3.42. The summed E-state index contributed by atoms with van der Waals surface area (Å²) in [7, 11) is 0. The van der Waals surface area contributed by atoms with Crippen molar-refractivity contribution in [1.82, 2.24) is 4.90 Å². The maximum Gasteiger partial charge on any atom is 0.0701 e. The summed E-state index contributed by atoms with van der Waals surface area (Å²) < 4.78 is 11.1. The van der Waals surface area contributed by atoms with E-state index in [1.165, 1.54) is 12.8 Å². The van der Waals surface area contributed by atoms with Gasteiger partial charge in [0.2, 0.25) is 0 Å². The maximum absolute atomic E-state index is 8.70. The van der Waals surface area contributed by atoms with Crippen molar-refractivity contribution >= 4 is 0 Å². The highest BCUT2D eigenvalue weighted by Gasteiger charge is 2.26. The van der Waals surface area contributed by atoms with Gasteiger partial charge in [-0.05, 0) is 25.7 Å². The van der Waals surface area contributed by atoms with Gasteiger partial charge < -0.3 is 14.6 Å². The Bertz CT molecular complexity index is 187. The van der Waals surface area contributed by atoms with Crippen LogP contribution in [0, 0.1) is 0 Å². The number of hydrogen-bond donors (Lipinski definition) is 1. The van der Waals surface area contributed by atoms with Gasteiger partial charge in [0.25, 0.3) is 0 Å². The van der Waals surface area contributed by atoms with E-state index in [4.69, 9.17) is 14.6 Å². The molecule has 94 valence electrons. The highest BCUT2D eigenvalue weighted by Crippen LogP contribution is 2.20. The summed E-state index contributed by atoms with van der Waals surface area (Å²) in [6, 6.07) is 0.632. The van der Waals surface area contributed by atoms with E-state index in [-0.39, 0.29) is 6.61 Å². The molecule has 0 aliphatic carbocycles. The Morgan fingerprint density at radius 3 is 2.69 bits per heavy atom. The van der Waals surface area contributed by atoms with Gasteiger partial charge >= 0.3 is 0 Å². The van der Waals surface area contributed by atoms with E-state index in [2.05, 4.69) is 4.90 Å². The maximum atomic E-state index is 8.70. The predicted molar refractivity (Wildman–Crippen MR) is 61.5 cm³/mol. The van der Waals surface area contributed by atoms with Crippen molar-refractivity contribution in [2.24, 2.45) is 0 Å². The van der Waals surface area contributed by atoms with Crippen molar-refractivity contribution in [3.63, 3.8) is 0 Å². The van der Waals surface area contributed by atoms with Crippen molar-refractivity contribution in [3.05, 3.63) is 0 Å². The van der Waals surface area contributed by atoms with Crippen LogP contribution in [0.2, 0.25) is 0 Å². The molecular weight excluding hydrogens is 206 g/mol. The normalized spacial score (nSPS) is 29.4. The van der Waals surface area contributed by atoms with Crippen LogP contribution in [-0.2, 0) is 9.47 Å². The Hall–Kier alpha value is -0.160. The van der Waals surface area contributed by atoms with Crippen LogP contribution in [-0.4, -0.2) is 61.7 Å². The van der Waals surface area contributed by atoms with Crippen LogP contribution in [0.4, 0.5) is 0 Å². The molecule has 0 aromatic rings. The molecule has 2 heterocycles. The summed E-state index contributed by atoms with van der Waals surface area (Å²) >= 11 is 0. The quantitative estimate of drug-likeness (QED) is 0.768. The Labute approximate surface area is 97.5 Å². The molecule has 1 unspecified atom stereocenters. The van der Waals surface area contributed by atoms with Gasteiger partial charge in [0.1, 0.15) is 0 Å². The van der Waals surface area contributed by atoms with Gasteiger partial charge in [0.05, 0.1) is 25.9 Å².